The molecule has 1 atom stereocenters. The van der Waals surface area contributed by atoms with Crippen molar-refractivity contribution in [3.8, 4) is 5.75 Å². The highest BCUT2D eigenvalue weighted by atomic mass is 32.2. The first-order valence-corrected chi connectivity index (χ1v) is 6.93. The fraction of sp³-hybridized carbons (Fsp3) is 0.0714. The molecule has 2 aromatic carbocycles. The van der Waals surface area contributed by atoms with Gasteiger partial charge in [0.15, 0.2) is 0 Å². The topological polar surface area (TPSA) is 89.9 Å². The average molecular weight is 306 g/mol. The molecule has 110 valence electrons. The van der Waals surface area contributed by atoms with Gasteiger partial charge in [-0.3, -0.25) is 8.51 Å². The summed E-state index contributed by atoms with van der Waals surface area (Å²) >= 11 is -2.66. The summed E-state index contributed by atoms with van der Waals surface area (Å²) in [7, 11) is 1.50. The zero-order valence-corrected chi connectivity index (χ0v) is 11.9. The Morgan fingerprint density at radius 3 is 2.33 bits per heavy atom. The summed E-state index contributed by atoms with van der Waals surface area (Å²) in [6.45, 7) is 0. The normalized spacial score (nSPS) is 11.7. The van der Waals surface area contributed by atoms with Gasteiger partial charge in [-0.25, -0.2) is 4.79 Å². The minimum absolute atomic E-state index is 0.0727. The van der Waals surface area contributed by atoms with Gasteiger partial charge in [0.05, 0.1) is 35.3 Å². The number of aromatic carboxylic acids is 1. The lowest BCUT2D eigenvalue weighted by Crippen LogP contribution is -2.21. The van der Waals surface area contributed by atoms with Gasteiger partial charge in [0.1, 0.15) is 5.75 Å². The van der Waals surface area contributed by atoms with E-state index in [1.807, 2.05) is 0 Å². The van der Waals surface area contributed by atoms with E-state index in [0.717, 1.165) is 4.31 Å². The van der Waals surface area contributed by atoms with Gasteiger partial charge >= 0.3 is 5.97 Å². The smallest absolute Gasteiger partial charge is 0.337 e. The molecule has 0 radical (unpaired) electrons. The van der Waals surface area contributed by atoms with Crippen molar-refractivity contribution in [3.05, 3.63) is 54.1 Å². The van der Waals surface area contributed by atoms with Crippen LogP contribution >= 0.6 is 0 Å². The quantitative estimate of drug-likeness (QED) is 0.856. The number of para-hydroxylation sites is 1. The number of methoxy groups -OCH3 is 1. The molecule has 0 saturated carbocycles. The summed E-state index contributed by atoms with van der Waals surface area (Å²) in [5.74, 6) is -0.628. The summed E-state index contributed by atoms with van der Waals surface area (Å²) in [6.07, 6.45) is 0. The lowest BCUT2D eigenvalue weighted by molar-refractivity contribution is 0.0698. The van der Waals surface area contributed by atoms with Crippen LogP contribution in [-0.2, 0) is 11.3 Å². The van der Waals surface area contributed by atoms with Crippen molar-refractivity contribution in [1.82, 2.24) is 0 Å². The van der Waals surface area contributed by atoms with Crippen molar-refractivity contribution >= 4 is 28.6 Å². The van der Waals surface area contributed by atoms with E-state index in [1.54, 1.807) is 18.2 Å². The van der Waals surface area contributed by atoms with Crippen molar-refractivity contribution < 1.29 is 23.4 Å². The van der Waals surface area contributed by atoms with Gasteiger partial charge in [0.25, 0.3) is 0 Å². The number of carbonyl (C=O) groups is 1. The Hall–Kier alpha value is -2.38. The lowest BCUT2D eigenvalue weighted by Gasteiger charge is -2.27. The largest absolute Gasteiger partial charge is 0.755 e. The summed E-state index contributed by atoms with van der Waals surface area (Å²) in [4.78, 5) is 11.2. The Balaban J connectivity index is 2.53. The van der Waals surface area contributed by atoms with Crippen molar-refractivity contribution in [1.29, 1.82) is 0 Å². The second-order valence-corrected chi connectivity index (χ2v) is 4.83. The molecule has 0 aliphatic rings. The van der Waals surface area contributed by atoms with E-state index in [0.29, 0.717) is 11.4 Å². The summed E-state index contributed by atoms with van der Waals surface area (Å²) in [6, 6.07) is 12.2. The second kappa shape index (κ2) is 6.38. The Labute approximate surface area is 124 Å². The van der Waals surface area contributed by atoms with Crippen LogP contribution < -0.4 is 9.04 Å². The molecule has 0 heterocycles. The molecule has 0 aromatic heterocycles. The summed E-state index contributed by atoms with van der Waals surface area (Å²) in [5, 5.41) is 9.18. The zero-order chi connectivity index (χ0) is 15.4. The minimum atomic E-state index is -2.66. The van der Waals surface area contributed by atoms with Crippen LogP contribution in [0.5, 0.6) is 5.75 Å². The molecule has 0 spiro atoms. The fourth-order valence-electron chi connectivity index (χ4n) is 1.85. The van der Waals surface area contributed by atoms with Gasteiger partial charge in [0, 0.05) is 0 Å². The van der Waals surface area contributed by atoms with Gasteiger partial charge in [-0.05, 0) is 36.4 Å². The minimum Gasteiger partial charge on any atom is -0.755 e. The highest BCUT2D eigenvalue weighted by molar-refractivity contribution is 7.81. The zero-order valence-electron chi connectivity index (χ0n) is 11.1. The van der Waals surface area contributed by atoms with E-state index < -0.39 is 17.2 Å². The van der Waals surface area contributed by atoms with Crippen LogP contribution in [0.1, 0.15) is 10.4 Å². The Morgan fingerprint density at radius 2 is 1.81 bits per heavy atom. The molecule has 0 saturated heterocycles. The van der Waals surface area contributed by atoms with Crippen molar-refractivity contribution in [2.24, 2.45) is 0 Å². The molecule has 0 bridgehead atoms. The molecule has 2 rings (SSSR count). The maximum atomic E-state index is 11.5. The average Bonchev–Trinajstić information content (AvgIpc) is 2.48. The summed E-state index contributed by atoms with van der Waals surface area (Å²) in [5.41, 5.74) is 0.291. The first-order valence-electron chi connectivity index (χ1n) is 5.90. The third-order valence-electron chi connectivity index (χ3n) is 2.81. The van der Waals surface area contributed by atoms with E-state index in [2.05, 4.69) is 0 Å². The SMILES string of the molecule is COc1ccc(N(c2ccccc2C(=O)O)S(=O)[O-])cc1. The predicted molar refractivity (Wildman–Crippen MR) is 77.5 cm³/mol. The third kappa shape index (κ3) is 3.21. The molecular formula is C14H12NO5S-. The molecule has 0 aliphatic heterocycles. The van der Waals surface area contributed by atoms with Gasteiger partial charge in [-0.1, -0.05) is 12.1 Å². The fourth-order valence-corrected chi connectivity index (χ4v) is 2.47. The first kappa shape index (κ1) is 15.0. The molecule has 2 aromatic rings. The Kier molecular flexibility index (Phi) is 4.56. The predicted octanol–water partition coefficient (Wildman–Crippen LogP) is 2.33. The lowest BCUT2D eigenvalue weighted by atomic mass is 10.1. The molecule has 7 heteroatoms. The van der Waals surface area contributed by atoms with Gasteiger partial charge in [-0.15, -0.1) is 0 Å². The van der Waals surface area contributed by atoms with E-state index in [9.17, 15) is 18.7 Å². The third-order valence-corrected chi connectivity index (χ3v) is 3.51. The van der Waals surface area contributed by atoms with Gasteiger partial charge in [-0.2, -0.15) is 0 Å². The van der Waals surface area contributed by atoms with Crippen LogP contribution in [0.4, 0.5) is 11.4 Å². The molecule has 21 heavy (non-hydrogen) atoms. The van der Waals surface area contributed by atoms with Crippen LogP contribution in [0.15, 0.2) is 48.5 Å². The van der Waals surface area contributed by atoms with E-state index in [4.69, 9.17) is 4.74 Å². The van der Waals surface area contributed by atoms with Crippen LogP contribution in [0.3, 0.4) is 0 Å². The van der Waals surface area contributed by atoms with Gasteiger partial charge < -0.3 is 14.4 Å². The Bertz CT molecular complexity index is 671. The standard InChI is InChI=1S/C14H13NO5S/c1-20-11-8-6-10(7-9-11)15(21(18)19)13-5-3-2-4-12(13)14(16)17/h2-9H,1H3,(H,16,17)(H,18,19)/p-1. The number of anilines is 2. The highest BCUT2D eigenvalue weighted by Gasteiger charge is 2.18. The number of carboxylic acids is 1. The molecule has 0 aliphatic carbocycles. The number of rotatable bonds is 5. The van der Waals surface area contributed by atoms with E-state index >= 15 is 0 Å². The monoisotopic (exact) mass is 306 g/mol. The maximum absolute atomic E-state index is 11.5. The van der Waals surface area contributed by atoms with Crippen molar-refractivity contribution in [3.63, 3.8) is 0 Å². The molecule has 1 unspecified atom stereocenters. The first-order chi connectivity index (χ1) is 10.0. The highest BCUT2D eigenvalue weighted by Crippen LogP contribution is 2.31. The molecule has 0 amide bonds. The maximum Gasteiger partial charge on any atom is 0.337 e. The number of nitrogens with zero attached hydrogens (tertiary/aromatic N) is 1. The van der Waals surface area contributed by atoms with E-state index in [1.165, 1.54) is 37.4 Å². The van der Waals surface area contributed by atoms with Crippen molar-refractivity contribution in [2.45, 2.75) is 0 Å². The molecule has 1 N–H and O–H groups in total. The molecule has 0 fully saturated rings. The molecule has 6 nitrogen and oxygen atoms in total. The van der Waals surface area contributed by atoms with E-state index in [-0.39, 0.29) is 11.3 Å². The van der Waals surface area contributed by atoms with Crippen LogP contribution in [-0.4, -0.2) is 26.9 Å². The number of benzene rings is 2. The Morgan fingerprint density at radius 1 is 1.19 bits per heavy atom. The van der Waals surface area contributed by atoms with Crippen LogP contribution in [0.25, 0.3) is 0 Å². The number of hydrogen-bond donors (Lipinski definition) is 1. The number of carboxylic acid groups (broad SMARTS) is 1. The second-order valence-electron chi connectivity index (χ2n) is 4.03. The summed E-state index contributed by atoms with van der Waals surface area (Å²) < 4.78 is 29.0. The van der Waals surface area contributed by atoms with Gasteiger partial charge in [0.2, 0.25) is 0 Å². The molecular weight excluding hydrogens is 294 g/mol. The van der Waals surface area contributed by atoms with Crippen LogP contribution in [0, 0.1) is 0 Å². The van der Waals surface area contributed by atoms with Crippen molar-refractivity contribution in [2.75, 3.05) is 11.4 Å². The number of hydrogen-bond acceptors (Lipinski definition) is 4. The number of ether oxygens (including phenoxy) is 1. The van der Waals surface area contributed by atoms with Crippen LogP contribution in [0.2, 0.25) is 0 Å².